The van der Waals surface area contributed by atoms with E-state index in [2.05, 4.69) is 11.4 Å². The summed E-state index contributed by atoms with van der Waals surface area (Å²) in [5, 5.41) is 12.8. The number of nitrogens with two attached hydrogens (primary N) is 1. The van der Waals surface area contributed by atoms with E-state index in [-0.39, 0.29) is 11.7 Å². The molecule has 0 aliphatic heterocycles. The van der Waals surface area contributed by atoms with Gasteiger partial charge in [-0.05, 0) is 30.9 Å². The van der Waals surface area contributed by atoms with E-state index in [9.17, 15) is 14.9 Å². The molecule has 3 rings (SSSR count). The predicted octanol–water partition coefficient (Wildman–Crippen LogP) is 2.67. The summed E-state index contributed by atoms with van der Waals surface area (Å²) >= 11 is 1.11. The maximum atomic E-state index is 13.1. The Hall–Kier alpha value is -2.65. The smallest absolute Gasteiger partial charge is 0.254 e. The number of hydrogen-bond acceptors (Lipinski definition) is 5. The number of nitriles is 1. The summed E-state index contributed by atoms with van der Waals surface area (Å²) in [5.41, 5.74) is 6.56. The number of carbonyl (C=O) groups is 2. The molecule has 0 spiro atoms. The van der Waals surface area contributed by atoms with Crippen LogP contribution in [0.25, 0.3) is 0 Å². The Balaban J connectivity index is 2.11. The van der Waals surface area contributed by atoms with Crippen LogP contribution in [0, 0.1) is 11.3 Å². The minimum atomic E-state index is -1.20. The molecule has 24 heavy (non-hydrogen) atoms. The first-order valence-corrected chi connectivity index (χ1v) is 8.57. The molecule has 5 nitrogen and oxygen atoms in total. The van der Waals surface area contributed by atoms with Crippen molar-refractivity contribution in [3.8, 4) is 6.07 Å². The second-order valence-corrected chi connectivity index (χ2v) is 6.77. The second kappa shape index (κ2) is 6.10. The van der Waals surface area contributed by atoms with Crippen molar-refractivity contribution in [2.24, 2.45) is 0 Å². The molecule has 0 radical (unpaired) electrons. The van der Waals surface area contributed by atoms with Crippen molar-refractivity contribution in [1.82, 2.24) is 5.32 Å². The lowest BCUT2D eigenvalue weighted by atomic mass is 9.69. The van der Waals surface area contributed by atoms with E-state index < -0.39 is 5.41 Å². The molecule has 1 atom stereocenters. The molecule has 1 aliphatic carbocycles. The monoisotopic (exact) mass is 339 g/mol. The molecule has 1 heterocycles. The van der Waals surface area contributed by atoms with Gasteiger partial charge in [-0.3, -0.25) is 9.59 Å². The normalized spacial score (nSPS) is 19.4. The largest absolute Gasteiger partial charge is 0.390 e. The van der Waals surface area contributed by atoms with E-state index in [0.29, 0.717) is 46.0 Å². The number of anilines is 1. The van der Waals surface area contributed by atoms with Gasteiger partial charge in [0.2, 0.25) is 0 Å². The average molecular weight is 339 g/mol. The van der Waals surface area contributed by atoms with Crippen molar-refractivity contribution in [3.05, 3.63) is 51.9 Å². The summed E-state index contributed by atoms with van der Waals surface area (Å²) in [7, 11) is 0. The van der Waals surface area contributed by atoms with E-state index in [0.717, 1.165) is 11.3 Å². The molecule has 2 aromatic rings. The number of nitrogens with zero attached hydrogens (tertiary/aromatic N) is 1. The number of amides is 1. The molecule has 0 bridgehead atoms. The van der Waals surface area contributed by atoms with Gasteiger partial charge in [-0.15, -0.1) is 11.3 Å². The van der Waals surface area contributed by atoms with Gasteiger partial charge in [0.1, 0.15) is 5.41 Å². The average Bonchev–Trinajstić information content (AvgIpc) is 2.94. The number of hydrogen-bond donors (Lipinski definition) is 2. The molecular formula is C18H17N3O2S. The lowest BCUT2D eigenvalue weighted by Crippen LogP contribution is -2.38. The number of thiophene rings is 1. The zero-order chi connectivity index (χ0) is 17.3. The van der Waals surface area contributed by atoms with Crippen molar-refractivity contribution in [2.45, 2.75) is 25.2 Å². The second-order valence-electron chi connectivity index (χ2n) is 5.72. The quantitative estimate of drug-likeness (QED) is 0.898. The minimum absolute atomic E-state index is 0.260. The predicted molar refractivity (Wildman–Crippen MR) is 93.1 cm³/mol. The van der Waals surface area contributed by atoms with E-state index in [4.69, 9.17) is 5.73 Å². The zero-order valence-corrected chi connectivity index (χ0v) is 14.1. The fourth-order valence-corrected chi connectivity index (χ4v) is 4.33. The highest BCUT2D eigenvalue weighted by Gasteiger charge is 2.47. The van der Waals surface area contributed by atoms with Gasteiger partial charge in [-0.25, -0.2) is 0 Å². The molecule has 0 saturated carbocycles. The SMILES string of the molecule is CCNC(=O)c1c(N)sc2c1CCC(C#N)(c1ccccc1)C2=O. The van der Waals surface area contributed by atoms with Gasteiger partial charge in [0.15, 0.2) is 5.78 Å². The summed E-state index contributed by atoms with van der Waals surface area (Å²) in [6, 6.07) is 11.3. The van der Waals surface area contributed by atoms with Gasteiger partial charge in [-0.1, -0.05) is 30.3 Å². The van der Waals surface area contributed by atoms with Crippen molar-refractivity contribution in [1.29, 1.82) is 5.26 Å². The number of rotatable bonds is 3. The first kappa shape index (κ1) is 16.2. The number of Topliss-reactive ketones (excluding diaryl/α,β-unsaturated/α-hetero) is 1. The molecule has 1 aromatic heterocycles. The maximum Gasteiger partial charge on any atom is 0.254 e. The molecule has 122 valence electrons. The Kier molecular flexibility index (Phi) is 4.12. The van der Waals surface area contributed by atoms with Crippen LogP contribution in [0.5, 0.6) is 0 Å². The molecule has 0 fully saturated rings. The first-order valence-electron chi connectivity index (χ1n) is 7.76. The summed E-state index contributed by atoms with van der Waals surface area (Å²) < 4.78 is 0. The molecule has 1 unspecified atom stereocenters. The van der Waals surface area contributed by atoms with Gasteiger partial charge in [0.05, 0.1) is 21.5 Å². The molecular weight excluding hydrogens is 322 g/mol. The van der Waals surface area contributed by atoms with Crippen molar-refractivity contribution in [2.75, 3.05) is 12.3 Å². The van der Waals surface area contributed by atoms with Gasteiger partial charge < -0.3 is 11.1 Å². The molecule has 3 N–H and O–H groups in total. The van der Waals surface area contributed by atoms with Crippen LogP contribution in [-0.4, -0.2) is 18.2 Å². The maximum absolute atomic E-state index is 13.1. The summed E-state index contributed by atoms with van der Waals surface area (Å²) in [6.45, 7) is 2.32. The van der Waals surface area contributed by atoms with Gasteiger partial charge in [-0.2, -0.15) is 5.26 Å². The Labute approximate surface area is 144 Å². The summed E-state index contributed by atoms with van der Waals surface area (Å²) in [6.07, 6.45) is 0.825. The van der Waals surface area contributed by atoms with Gasteiger partial charge >= 0.3 is 0 Å². The van der Waals surface area contributed by atoms with Crippen LogP contribution in [0.2, 0.25) is 0 Å². The minimum Gasteiger partial charge on any atom is -0.390 e. The highest BCUT2D eigenvalue weighted by Crippen LogP contribution is 2.44. The number of carbonyl (C=O) groups excluding carboxylic acids is 2. The first-order chi connectivity index (χ1) is 11.5. The Bertz CT molecular complexity index is 851. The van der Waals surface area contributed by atoms with Crippen molar-refractivity contribution in [3.63, 3.8) is 0 Å². The Morgan fingerprint density at radius 2 is 2.12 bits per heavy atom. The third-order valence-corrected chi connectivity index (χ3v) is 5.46. The van der Waals surface area contributed by atoms with Crippen LogP contribution in [0.3, 0.4) is 0 Å². The third kappa shape index (κ3) is 2.29. The molecule has 1 aliphatic rings. The van der Waals surface area contributed by atoms with E-state index in [1.165, 1.54) is 0 Å². The Morgan fingerprint density at radius 1 is 1.42 bits per heavy atom. The van der Waals surface area contributed by atoms with Crippen LogP contribution in [-0.2, 0) is 11.8 Å². The molecule has 1 amide bonds. The van der Waals surface area contributed by atoms with Crippen LogP contribution in [0.4, 0.5) is 5.00 Å². The van der Waals surface area contributed by atoms with Crippen LogP contribution >= 0.6 is 11.3 Å². The summed E-state index contributed by atoms with van der Waals surface area (Å²) in [4.78, 5) is 25.8. The lowest BCUT2D eigenvalue weighted by molar-refractivity contribution is 0.0908. The van der Waals surface area contributed by atoms with Gasteiger partial charge in [0.25, 0.3) is 5.91 Å². The van der Waals surface area contributed by atoms with Crippen molar-refractivity contribution >= 4 is 28.0 Å². The number of nitrogens with one attached hydrogen (secondary N) is 1. The van der Waals surface area contributed by atoms with Crippen LogP contribution in [0.15, 0.2) is 30.3 Å². The highest BCUT2D eigenvalue weighted by atomic mass is 32.1. The van der Waals surface area contributed by atoms with Crippen LogP contribution in [0.1, 0.15) is 44.5 Å². The zero-order valence-electron chi connectivity index (χ0n) is 13.3. The standard InChI is InChI=1S/C18H17N3O2S/c1-2-21-17(23)13-12-8-9-18(10-19,11-6-4-3-5-7-11)15(22)14(12)24-16(13)20/h3-7H,2,8-9,20H2,1H3,(H,21,23). The molecule has 6 heteroatoms. The fourth-order valence-electron chi connectivity index (χ4n) is 3.19. The third-order valence-electron chi connectivity index (χ3n) is 4.40. The number of ketones is 1. The van der Waals surface area contributed by atoms with E-state index in [1.807, 2.05) is 25.1 Å². The molecule has 0 saturated heterocycles. The van der Waals surface area contributed by atoms with Crippen molar-refractivity contribution < 1.29 is 9.59 Å². The highest BCUT2D eigenvalue weighted by molar-refractivity contribution is 7.18. The van der Waals surface area contributed by atoms with E-state index >= 15 is 0 Å². The fraction of sp³-hybridized carbons (Fsp3) is 0.278. The number of benzene rings is 1. The van der Waals surface area contributed by atoms with Gasteiger partial charge in [0, 0.05) is 6.54 Å². The molecule has 1 aromatic carbocycles. The summed E-state index contributed by atoms with van der Waals surface area (Å²) in [5.74, 6) is -0.519. The number of fused-ring (bicyclic) bond motifs is 1. The Morgan fingerprint density at radius 3 is 2.75 bits per heavy atom. The number of nitrogen functional groups attached to an aromatic ring is 1. The van der Waals surface area contributed by atoms with Crippen LogP contribution < -0.4 is 11.1 Å². The lowest BCUT2D eigenvalue weighted by Gasteiger charge is -2.29. The van der Waals surface area contributed by atoms with E-state index in [1.54, 1.807) is 12.1 Å². The topological polar surface area (TPSA) is 96.0 Å².